The molecule has 0 radical (unpaired) electrons. The Balaban J connectivity index is 2.07. The van der Waals surface area contributed by atoms with Crippen molar-refractivity contribution in [2.24, 2.45) is 0 Å². The molecule has 0 bridgehead atoms. The molecule has 1 aliphatic heterocycles. The van der Waals surface area contributed by atoms with Gasteiger partial charge in [0.2, 0.25) is 0 Å². The quantitative estimate of drug-likeness (QED) is 0.881. The van der Waals surface area contributed by atoms with Crippen molar-refractivity contribution in [1.29, 1.82) is 0 Å². The first-order valence-electron chi connectivity index (χ1n) is 7.13. The summed E-state index contributed by atoms with van der Waals surface area (Å²) in [5.74, 6) is 0.907. The molecule has 1 fully saturated rings. The van der Waals surface area contributed by atoms with E-state index in [1.165, 1.54) is 25.8 Å². The number of aryl methyl sites for hydroxylation is 1. The molecule has 0 saturated carbocycles. The van der Waals surface area contributed by atoms with Gasteiger partial charge in [0.25, 0.3) is 0 Å². The minimum absolute atomic E-state index is 0.632. The van der Waals surface area contributed by atoms with Crippen molar-refractivity contribution in [2.45, 2.75) is 38.8 Å². The van der Waals surface area contributed by atoms with Gasteiger partial charge >= 0.3 is 0 Å². The fourth-order valence-corrected chi connectivity index (χ4v) is 2.84. The van der Waals surface area contributed by atoms with Crippen LogP contribution in [0.25, 0.3) is 0 Å². The molecule has 1 N–H and O–H groups in total. The Hall–Kier alpha value is -1.13. The molecule has 19 heavy (non-hydrogen) atoms. The zero-order valence-corrected chi connectivity index (χ0v) is 12.3. The van der Waals surface area contributed by atoms with Crippen LogP contribution in [0.5, 0.6) is 5.75 Å². The molecule has 2 heterocycles. The number of ether oxygens (including phenoxy) is 1. The molecule has 4 nitrogen and oxygen atoms in total. The Morgan fingerprint density at radius 2 is 2.26 bits per heavy atom. The molecule has 0 amide bonds. The number of aromatic nitrogens is 1. The van der Waals surface area contributed by atoms with E-state index in [0.29, 0.717) is 6.04 Å². The molecule has 1 aromatic rings. The summed E-state index contributed by atoms with van der Waals surface area (Å²) in [6, 6.07) is 4.66. The van der Waals surface area contributed by atoms with Gasteiger partial charge in [-0.1, -0.05) is 6.42 Å². The zero-order valence-electron chi connectivity index (χ0n) is 12.3. The van der Waals surface area contributed by atoms with Gasteiger partial charge in [-0.3, -0.25) is 9.88 Å². The van der Waals surface area contributed by atoms with E-state index < -0.39 is 0 Å². The second kappa shape index (κ2) is 6.87. The van der Waals surface area contributed by atoms with Gasteiger partial charge in [0, 0.05) is 37.0 Å². The van der Waals surface area contributed by atoms with Crippen molar-refractivity contribution in [1.82, 2.24) is 15.2 Å². The highest BCUT2D eigenvalue weighted by atomic mass is 16.5. The summed E-state index contributed by atoms with van der Waals surface area (Å²) in [4.78, 5) is 7.17. The molecule has 1 atom stereocenters. The van der Waals surface area contributed by atoms with Crippen LogP contribution in [-0.4, -0.2) is 43.2 Å². The summed E-state index contributed by atoms with van der Waals surface area (Å²) in [6.45, 7) is 5.17. The summed E-state index contributed by atoms with van der Waals surface area (Å²) in [5.41, 5.74) is 2.14. The van der Waals surface area contributed by atoms with Crippen LogP contribution >= 0.6 is 0 Å². The SMILES string of the molecule is CNCC1CCCCN1Cc1cc(OC)cc(C)n1. The summed E-state index contributed by atoms with van der Waals surface area (Å²) >= 11 is 0. The van der Waals surface area contributed by atoms with Crippen LogP contribution in [0.3, 0.4) is 0 Å². The third kappa shape index (κ3) is 3.91. The Bertz CT molecular complexity index is 406. The number of hydrogen-bond acceptors (Lipinski definition) is 4. The Morgan fingerprint density at radius 1 is 1.42 bits per heavy atom. The number of pyridine rings is 1. The third-order valence-corrected chi connectivity index (χ3v) is 3.77. The first-order chi connectivity index (χ1) is 9.22. The molecule has 4 heteroatoms. The topological polar surface area (TPSA) is 37.4 Å². The first kappa shape index (κ1) is 14.3. The maximum absolute atomic E-state index is 5.33. The number of methoxy groups -OCH3 is 1. The number of likely N-dealkylation sites (N-methyl/N-ethyl adjacent to an activating group) is 1. The van der Waals surface area contributed by atoms with Crippen molar-refractivity contribution >= 4 is 0 Å². The van der Waals surface area contributed by atoms with Gasteiger partial charge < -0.3 is 10.1 Å². The second-order valence-electron chi connectivity index (χ2n) is 5.32. The van der Waals surface area contributed by atoms with Gasteiger partial charge in [-0.05, 0) is 33.4 Å². The lowest BCUT2D eigenvalue weighted by Gasteiger charge is -2.35. The monoisotopic (exact) mass is 263 g/mol. The van der Waals surface area contributed by atoms with E-state index >= 15 is 0 Å². The van der Waals surface area contributed by atoms with E-state index in [-0.39, 0.29) is 0 Å². The van der Waals surface area contributed by atoms with Crippen molar-refractivity contribution in [3.8, 4) is 5.75 Å². The van der Waals surface area contributed by atoms with Crippen LogP contribution < -0.4 is 10.1 Å². The molecule has 1 aliphatic rings. The molecule has 1 aromatic heterocycles. The highest BCUT2D eigenvalue weighted by molar-refractivity contribution is 5.26. The molecule has 2 rings (SSSR count). The average Bonchev–Trinajstić information content (AvgIpc) is 2.40. The van der Waals surface area contributed by atoms with E-state index in [1.807, 2.05) is 20.0 Å². The molecule has 1 unspecified atom stereocenters. The number of rotatable bonds is 5. The molecule has 1 saturated heterocycles. The summed E-state index contributed by atoms with van der Waals surface area (Å²) in [7, 11) is 3.74. The standard InChI is InChI=1S/C15H25N3O/c1-12-8-15(19-3)9-13(17-12)11-18-7-5-4-6-14(18)10-16-2/h8-9,14,16H,4-7,10-11H2,1-3H3. The van der Waals surface area contributed by atoms with E-state index in [0.717, 1.165) is 30.2 Å². The van der Waals surface area contributed by atoms with E-state index in [4.69, 9.17) is 4.74 Å². The Morgan fingerprint density at radius 3 is 3.00 bits per heavy atom. The maximum atomic E-state index is 5.33. The lowest BCUT2D eigenvalue weighted by Crippen LogP contribution is -2.44. The van der Waals surface area contributed by atoms with Crippen LogP contribution in [0.15, 0.2) is 12.1 Å². The zero-order chi connectivity index (χ0) is 13.7. The number of hydrogen-bond donors (Lipinski definition) is 1. The van der Waals surface area contributed by atoms with Crippen molar-refractivity contribution in [3.05, 3.63) is 23.5 Å². The smallest absolute Gasteiger partial charge is 0.122 e. The van der Waals surface area contributed by atoms with Crippen LogP contribution in [0.4, 0.5) is 0 Å². The van der Waals surface area contributed by atoms with Crippen LogP contribution in [0.1, 0.15) is 30.7 Å². The van der Waals surface area contributed by atoms with Crippen LogP contribution in [-0.2, 0) is 6.54 Å². The van der Waals surface area contributed by atoms with Gasteiger partial charge in [-0.25, -0.2) is 0 Å². The first-order valence-corrected chi connectivity index (χ1v) is 7.13. The average molecular weight is 263 g/mol. The summed E-state index contributed by atoms with van der Waals surface area (Å²) in [6.07, 6.45) is 3.92. The predicted octanol–water partition coefficient (Wildman–Crippen LogP) is 1.97. The molecule has 0 aliphatic carbocycles. The Kier molecular flexibility index (Phi) is 5.16. The van der Waals surface area contributed by atoms with Gasteiger partial charge in [-0.15, -0.1) is 0 Å². The van der Waals surface area contributed by atoms with Gasteiger partial charge in [-0.2, -0.15) is 0 Å². The third-order valence-electron chi connectivity index (χ3n) is 3.77. The number of nitrogens with zero attached hydrogens (tertiary/aromatic N) is 2. The van der Waals surface area contributed by atoms with Crippen LogP contribution in [0.2, 0.25) is 0 Å². The highest BCUT2D eigenvalue weighted by Crippen LogP contribution is 2.20. The van der Waals surface area contributed by atoms with E-state index in [2.05, 4.69) is 21.3 Å². The molecule has 106 valence electrons. The van der Waals surface area contributed by atoms with E-state index in [9.17, 15) is 0 Å². The van der Waals surface area contributed by atoms with Gasteiger partial charge in [0.15, 0.2) is 0 Å². The van der Waals surface area contributed by atoms with Crippen molar-refractivity contribution < 1.29 is 4.74 Å². The molecule has 0 spiro atoms. The molecular formula is C15H25N3O. The number of likely N-dealkylation sites (tertiary alicyclic amines) is 1. The van der Waals surface area contributed by atoms with Crippen LogP contribution in [0, 0.1) is 6.92 Å². The fraction of sp³-hybridized carbons (Fsp3) is 0.667. The molecular weight excluding hydrogens is 238 g/mol. The minimum atomic E-state index is 0.632. The maximum Gasteiger partial charge on any atom is 0.122 e. The lowest BCUT2D eigenvalue weighted by molar-refractivity contribution is 0.137. The van der Waals surface area contributed by atoms with Crippen molar-refractivity contribution in [2.75, 3.05) is 27.2 Å². The summed E-state index contributed by atoms with van der Waals surface area (Å²) < 4.78 is 5.33. The minimum Gasteiger partial charge on any atom is -0.497 e. The van der Waals surface area contributed by atoms with Gasteiger partial charge in [0.1, 0.15) is 5.75 Å². The normalized spacial score (nSPS) is 20.5. The van der Waals surface area contributed by atoms with E-state index in [1.54, 1.807) is 7.11 Å². The number of piperidine rings is 1. The number of nitrogens with one attached hydrogen (secondary N) is 1. The summed E-state index contributed by atoms with van der Waals surface area (Å²) in [5, 5.41) is 3.30. The highest BCUT2D eigenvalue weighted by Gasteiger charge is 2.22. The lowest BCUT2D eigenvalue weighted by atomic mass is 10.0. The van der Waals surface area contributed by atoms with Crippen molar-refractivity contribution in [3.63, 3.8) is 0 Å². The Labute approximate surface area is 116 Å². The largest absolute Gasteiger partial charge is 0.497 e. The van der Waals surface area contributed by atoms with Gasteiger partial charge in [0.05, 0.1) is 12.8 Å². The second-order valence-corrected chi connectivity index (χ2v) is 5.32. The fourth-order valence-electron chi connectivity index (χ4n) is 2.84. The predicted molar refractivity (Wildman–Crippen MR) is 77.5 cm³/mol. The molecule has 0 aromatic carbocycles.